The van der Waals surface area contributed by atoms with E-state index in [1.165, 1.54) is 16.7 Å². The average Bonchev–Trinajstić information content (AvgIpc) is 3.21. The van der Waals surface area contributed by atoms with Crippen molar-refractivity contribution in [1.82, 2.24) is 25.0 Å². The van der Waals surface area contributed by atoms with Crippen molar-refractivity contribution in [2.45, 2.75) is 17.3 Å². The Hall–Kier alpha value is -2.29. The van der Waals surface area contributed by atoms with Gasteiger partial charge in [-0.15, -0.1) is 10.2 Å². The summed E-state index contributed by atoms with van der Waals surface area (Å²) in [6.45, 7) is 2.65. The molecule has 8 nitrogen and oxygen atoms in total. The minimum atomic E-state index is -0.434. The number of nitrogens with one attached hydrogen (secondary N) is 1. The number of thioether (sulfide) groups is 1. The third kappa shape index (κ3) is 2.59. The van der Waals surface area contributed by atoms with Crippen LogP contribution in [-0.2, 0) is 11.8 Å². The van der Waals surface area contributed by atoms with Gasteiger partial charge in [0, 0.05) is 20.1 Å². The van der Waals surface area contributed by atoms with Gasteiger partial charge in [0.25, 0.3) is 0 Å². The molecule has 0 spiro atoms. The largest absolute Gasteiger partial charge is 0.461 e. The SMILES string of the molecule is C[C@@H](Sc1nnc(-c2ccco2)n1C)C(=O)N1CCNC1=O. The molecule has 3 amide bonds. The van der Waals surface area contributed by atoms with E-state index in [0.29, 0.717) is 29.8 Å². The zero-order chi connectivity index (χ0) is 15.7. The third-order valence-electron chi connectivity index (χ3n) is 3.33. The number of nitrogens with zero attached hydrogens (tertiary/aromatic N) is 4. The van der Waals surface area contributed by atoms with Crippen LogP contribution in [0.5, 0.6) is 0 Å². The lowest BCUT2D eigenvalue weighted by Crippen LogP contribution is -2.39. The second kappa shape index (κ2) is 5.84. The van der Waals surface area contributed by atoms with Crippen molar-refractivity contribution >= 4 is 23.7 Å². The van der Waals surface area contributed by atoms with Gasteiger partial charge in [-0.3, -0.25) is 9.69 Å². The van der Waals surface area contributed by atoms with Crippen LogP contribution in [-0.4, -0.2) is 49.9 Å². The third-order valence-corrected chi connectivity index (χ3v) is 4.45. The number of imide groups is 1. The zero-order valence-corrected chi connectivity index (χ0v) is 13.0. The summed E-state index contributed by atoms with van der Waals surface area (Å²) in [6, 6.07) is 3.23. The Bertz CT molecular complexity index is 697. The number of urea groups is 1. The van der Waals surface area contributed by atoms with Crippen molar-refractivity contribution in [3.05, 3.63) is 18.4 Å². The van der Waals surface area contributed by atoms with Crippen molar-refractivity contribution in [3.8, 4) is 11.6 Å². The lowest BCUT2D eigenvalue weighted by Gasteiger charge is -2.16. The molecule has 0 bridgehead atoms. The Morgan fingerprint density at radius 3 is 2.95 bits per heavy atom. The molecule has 0 aliphatic carbocycles. The van der Waals surface area contributed by atoms with Crippen LogP contribution in [0, 0.1) is 0 Å². The molecule has 2 aromatic heterocycles. The summed E-state index contributed by atoms with van der Waals surface area (Å²) < 4.78 is 7.06. The van der Waals surface area contributed by atoms with Gasteiger partial charge in [-0.2, -0.15) is 0 Å². The molecule has 3 rings (SSSR count). The molecule has 0 aromatic carbocycles. The smallest absolute Gasteiger partial charge is 0.324 e. The van der Waals surface area contributed by atoms with E-state index in [0.717, 1.165) is 0 Å². The summed E-state index contributed by atoms with van der Waals surface area (Å²) in [5, 5.41) is 10.9. The highest BCUT2D eigenvalue weighted by molar-refractivity contribution is 8.00. The van der Waals surface area contributed by atoms with E-state index in [9.17, 15) is 9.59 Å². The number of rotatable bonds is 4. The highest BCUT2D eigenvalue weighted by atomic mass is 32.2. The maximum absolute atomic E-state index is 12.3. The minimum absolute atomic E-state index is 0.234. The molecule has 0 saturated carbocycles. The molecule has 1 aliphatic rings. The first-order chi connectivity index (χ1) is 10.6. The van der Waals surface area contributed by atoms with Crippen LogP contribution in [0.2, 0.25) is 0 Å². The van der Waals surface area contributed by atoms with E-state index < -0.39 is 5.25 Å². The molecule has 1 aliphatic heterocycles. The van der Waals surface area contributed by atoms with Gasteiger partial charge in [-0.25, -0.2) is 4.79 Å². The molecule has 116 valence electrons. The molecule has 1 N–H and O–H groups in total. The first-order valence-corrected chi connectivity index (χ1v) is 7.65. The lowest BCUT2D eigenvalue weighted by molar-refractivity contribution is -0.126. The predicted octanol–water partition coefficient (Wildman–Crippen LogP) is 1.11. The molecular weight excluding hydrogens is 306 g/mol. The standard InChI is InChI=1S/C13H15N5O3S/c1-8(11(19)18-6-5-14-12(18)20)22-13-16-15-10(17(13)2)9-4-3-7-21-9/h3-4,7-8H,5-6H2,1-2H3,(H,14,20)/t8-/m1/s1. The Morgan fingerprint density at radius 2 is 2.32 bits per heavy atom. The van der Waals surface area contributed by atoms with Gasteiger partial charge >= 0.3 is 6.03 Å². The van der Waals surface area contributed by atoms with E-state index in [-0.39, 0.29) is 11.9 Å². The number of aromatic nitrogens is 3. The first kappa shape index (κ1) is 14.6. The zero-order valence-electron chi connectivity index (χ0n) is 12.1. The highest BCUT2D eigenvalue weighted by Crippen LogP contribution is 2.26. The van der Waals surface area contributed by atoms with E-state index >= 15 is 0 Å². The van der Waals surface area contributed by atoms with Crippen LogP contribution >= 0.6 is 11.8 Å². The number of hydrogen-bond donors (Lipinski definition) is 1. The number of amides is 3. The second-order valence-corrected chi connectivity index (χ2v) is 6.13. The fourth-order valence-electron chi connectivity index (χ4n) is 2.15. The summed E-state index contributed by atoms with van der Waals surface area (Å²) in [4.78, 5) is 25.0. The lowest BCUT2D eigenvalue weighted by atomic mass is 10.4. The number of carbonyl (C=O) groups excluding carboxylic acids is 2. The van der Waals surface area contributed by atoms with E-state index in [1.54, 1.807) is 36.9 Å². The Kier molecular flexibility index (Phi) is 3.88. The molecule has 9 heteroatoms. The van der Waals surface area contributed by atoms with Gasteiger partial charge in [0.05, 0.1) is 11.5 Å². The summed E-state index contributed by atoms with van der Waals surface area (Å²) in [6.07, 6.45) is 1.56. The topological polar surface area (TPSA) is 93.3 Å². The van der Waals surface area contributed by atoms with Crippen LogP contribution in [0.1, 0.15) is 6.92 Å². The van der Waals surface area contributed by atoms with Crippen molar-refractivity contribution in [2.75, 3.05) is 13.1 Å². The summed E-state index contributed by atoms with van der Waals surface area (Å²) in [7, 11) is 1.81. The van der Waals surface area contributed by atoms with Crippen molar-refractivity contribution in [1.29, 1.82) is 0 Å². The fourth-order valence-corrected chi connectivity index (χ4v) is 3.02. The van der Waals surface area contributed by atoms with Crippen molar-refractivity contribution in [2.24, 2.45) is 7.05 Å². The average molecular weight is 321 g/mol. The van der Waals surface area contributed by atoms with Crippen LogP contribution < -0.4 is 5.32 Å². The van der Waals surface area contributed by atoms with Gasteiger partial charge in [-0.05, 0) is 19.1 Å². The molecule has 1 fully saturated rings. The van der Waals surface area contributed by atoms with Crippen LogP contribution in [0.4, 0.5) is 4.79 Å². The number of carbonyl (C=O) groups is 2. The van der Waals surface area contributed by atoms with Crippen LogP contribution in [0.25, 0.3) is 11.6 Å². The monoisotopic (exact) mass is 321 g/mol. The quantitative estimate of drug-likeness (QED) is 0.848. The van der Waals surface area contributed by atoms with Crippen molar-refractivity contribution in [3.63, 3.8) is 0 Å². The molecule has 1 saturated heterocycles. The normalized spacial score (nSPS) is 15.9. The molecule has 0 radical (unpaired) electrons. The Balaban J connectivity index is 1.73. The summed E-state index contributed by atoms with van der Waals surface area (Å²) in [5.41, 5.74) is 0. The van der Waals surface area contributed by atoms with E-state index in [2.05, 4.69) is 15.5 Å². The first-order valence-electron chi connectivity index (χ1n) is 6.77. The maximum atomic E-state index is 12.3. The molecule has 1 atom stereocenters. The molecule has 0 unspecified atom stereocenters. The van der Waals surface area contributed by atoms with Crippen molar-refractivity contribution < 1.29 is 14.0 Å². The summed E-state index contributed by atoms with van der Waals surface area (Å²) >= 11 is 1.26. The maximum Gasteiger partial charge on any atom is 0.324 e. The number of furan rings is 1. The summed E-state index contributed by atoms with van der Waals surface area (Å²) in [5.74, 6) is 0.966. The molecule has 2 aromatic rings. The van der Waals surface area contributed by atoms with Gasteiger partial charge in [0.2, 0.25) is 5.91 Å². The highest BCUT2D eigenvalue weighted by Gasteiger charge is 2.31. The second-order valence-electron chi connectivity index (χ2n) is 4.82. The Labute approximate surface area is 130 Å². The van der Waals surface area contributed by atoms with Gasteiger partial charge in [0.1, 0.15) is 0 Å². The van der Waals surface area contributed by atoms with Gasteiger partial charge in [0.15, 0.2) is 16.7 Å². The van der Waals surface area contributed by atoms with E-state index in [4.69, 9.17) is 4.42 Å². The van der Waals surface area contributed by atoms with E-state index in [1.807, 2.05) is 0 Å². The molecule has 22 heavy (non-hydrogen) atoms. The predicted molar refractivity (Wildman–Crippen MR) is 79.1 cm³/mol. The van der Waals surface area contributed by atoms with Gasteiger partial charge < -0.3 is 14.3 Å². The van der Waals surface area contributed by atoms with Crippen LogP contribution in [0.3, 0.4) is 0 Å². The fraction of sp³-hybridized carbons (Fsp3) is 0.385. The molecule has 3 heterocycles. The number of hydrogen-bond acceptors (Lipinski definition) is 6. The minimum Gasteiger partial charge on any atom is -0.461 e. The molecular formula is C13H15N5O3S. The van der Waals surface area contributed by atoms with Gasteiger partial charge in [-0.1, -0.05) is 11.8 Å². The van der Waals surface area contributed by atoms with Crippen LogP contribution in [0.15, 0.2) is 28.0 Å². The Morgan fingerprint density at radius 1 is 1.50 bits per heavy atom.